The average Bonchev–Trinajstić information content (AvgIpc) is 3.23. The molecule has 2 heterocycles. The maximum Gasteiger partial charge on any atom is 0.319 e. The minimum atomic E-state index is -0.178. The zero-order valence-electron chi connectivity index (χ0n) is 16.9. The molecule has 0 saturated carbocycles. The highest BCUT2D eigenvalue weighted by Crippen LogP contribution is 2.26. The highest BCUT2D eigenvalue weighted by Gasteiger charge is 2.30. The molecule has 2 N–H and O–H groups in total. The van der Waals surface area contributed by atoms with Crippen molar-refractivity contribution in [3.05, 3.63) is 35.7 Å². The molecule has 27 heavy (non-hydrogen) atoms. The summed E-state index contributed by atoms with van der Waals surface area (Å²) >= 11 is 0. The lowest BCUT2D eigenvalue weighted by atomic mass is 10.1. The molecule has 3 rings (SSSR count). The van der Waals surface area contributed by atoms with E-state index >= 15 is 0 Å². The monoisotopic (exact) mass is 370 g/mol. The number of urea groups is 1. The maximum atomic E-state index is 12.3. The summed E-state index contributed by atoms with van der Waals surface area (Å²) in [6.45, 7) is 13.4. The number of aryl methyl sites for hydroxylation is 2. The van der Waals surface area contributed by atoms with Crippen molar-refractivity contribution in [3.8, 4) is 11.5 Å². The number of hydrogen-bond acceptors (Lipinski definition) is 4. The Kier molecular flexibility index (Phi) is 5.56. The zero-order chi connectivity index (χ0) is 19.6. The number of aromatic nitrogens is 1. The number of carbonyl (C=O) groups is 1. The number of hydrogen-bond donors (Lipinski definition) is 2. The molecule has 1 saturated heterocycles. The van der Waals surface area contributed by atoms with Gasteiger partial charge in [0.05, 0.1) is 5.69 Å². The molecule has 6 nitrogen and oxygen atoms in total. The second-order valence-electron chi connectivity index (χ2n) is 8.43. The lowest BCUT2D eigenvalue weighted by molar-refractivity contribution is 0.168. The Balaban J connectivity index is 1.56. The highest BCUT2D eigenvalue weighted by atomic mass is 16.3. The maximum absolute atomic E-state index is 12.3. The summed E-state index contributed by atoms with van der Waals surface area (Å²) in [6, 6.07) is 5.58. The van der Waals surface area contributed by atoms with Crippen LogP contribution in [-0.2, 0) is 0 Å². The number of benzene rings is 1. The molecule has 1 unspecified atom stereocenters. The minimum absolute atomic E-state index is 0.178. The standard InChI is InChI=1S/C21H30N4O2/c1-14-6-7-17(10-18(14)19-23-15(2)13-27-19)24-20(26)22-11-16-8-9-25(12-16)21(3,4)5/h6-7,10,13,16H,8-9,11-12H2,1-5H3,(H2,22,24,26). The molecule has 1 aromatic carbocycles. The summed E-state index contributed by atoms with van der Waals surface area (Å²) < 4.78 is 5.50. The van der Waals surface area contributed by atoms with E-state index in [0.29, 0.717) is 18.4 Å². The Hall–Kier alpha value is -2.34. The SMILES string of the molecule is Cc1coc(-c2cc(NC(=O)NCC3CCN(C(C)(C)C)C3)ccc2C)n1. The number of oxazole rings is 1. The number of likely N-dealkylation sites (tertiary alicyclic amines) is 1. The minimum Gasteiger partial charge on any atom is -0.444 e. The van der Waals surface area contributed by atoms with E-state index in [9.17, 15) is 4.79 Å². The van der Waals surface area contributed by atoms with Gasteiger partial charge in [0.2, 0.25) is 5.89 Å². The van der Waals surface area contributed by atoms with Crippen molar-refractivity contribution in [2.24, 2.45) is 5.92 Å². The Morgan fingerprint density at radius 1 is 1.33 bits per heavy atom. The number of anilines is 1. The van der Waals surface area contributed by atoms with Crippen molar-refractivity contribution >= 4 is 11.7 Å². The largest absolute Gasteiger partial charge is 0.444 e. The first kappa shape index (κ1) is 19.4. The summed E-state index contributed by atoms with van der Waals surface area (Å²) in [5.74, 6) is 1.07. The van der Waals surface area contributed by atoms with Crippen LogP contribution in [0.4, 0.5) is 10.5 Å². The van der Waals surface area contributed by atoms with Crippen molar-refractivity contribution < 1.29 is 9.21 Å². The van der Waals surface area contributed by atoms with Crippen LogP contribution in [0, 0.1) is 19.8 Å². The summed E-state index contributed by atoms with van der Waals surface area (Å²) in [4.78, 5) is 19.2. The van der Waals surface area contributed by atoms with Crippen molar-refractivity contribution in [3.63, 3.8) is 0 Å². The molecular formula is C21H30N4O2. The zero-order valence-corrected chi connectivity index (χ0v) is 16.9. The van der Waals surface area contributed by atoms with Gasteiger partial charge in [-0.25, -0.2) is 9.78 Å². The average molecular weight is 370 g/mol. The lowest BCUT2D eigenvalue weighted by Gasteiger charge is -2.31. The number of nitrogens with zero attached hydrogens (tertiary/aromatic N) is 2. The molecule has 0 aliphatic carbocycles. The fourth-order valence-corrected chi connectivity index (χ4v) is 3.43. The first-order valence-corrected chi connectivity index (χ1v) is 9.55. The molecule has 1 aliphatic heterocycles. The van der Waals surface area contributed by atoms with E-state index in [1.54, 1.807) is 6.26 Å². The van der Waals surface area contributed by atoms with E-state index in [4.69, 9.17) is 4.42 Å². The van der Waals surface area contributed by atoms with E-state index < -0.39 is 0 Å². The van der Waals surface area contributed by atoms with E-state index in [1.165, 1.54) is 0 Å². The normalized spacial score (nSPS) is 17.9. The number of nitrogens with one attached hydrogen (secondary N) is 2. The molecule has 146 valence electrons. The molecule has 2 amide bonds. The van der Waals surface area contributed by atoms with Gasteiger partial charge in [0, 0.05) is 29.9 Å². The summed E-state index contributed by atoms with van der Waals surface area (Å²) in [6.07, 6.45) is 2.75. The Morgan fingerprint density at radius 3 is 2.74 bits per heavy atom. The third-order valence-corrected chi connectivity index (χ3v) is 5.13. The third-order valence-electron chi connectivity index (χ3n) is 5.13. The van der Waals surface area contributed by atoms with E-state index in [2.05, 4.69) is 41.3 Å². The Labute approximate surface area is 161 Å². The van der Waals surface area contributed by atoms with Gasteiger partial charge in [-0.3, -0.25) is 4.90 Å². The lowest BCUT2D eigenvalue weighted by Crippen LogP contribution is -2.40. The molecule has 1 aromatic heterocycles. The predicted molar refractivity (Wildman–Crippen MR) is 108 cm³/mol. The van der Waals surface area contributed by atoms with Crippen molar-refractivity contribution in [1.82, 2.24) is 15.2 Å². The van der Waals surface area contributed by atoms with Gasteiger partial charge >= 0.3 is 6.03 Å². The molecule has 0 bridgehead atoms. The van der Waals surface area contributed by atoms with Crippen LogP contribution in [0.5, 0.6) is 0 Å². The van der Waals surface area contributed by atoms with Crippen LogP contribution >= 0.6 is 0 Å². The Bertz CT molecular complexity index is 807. The summed E-state index contributed by atoms with van der Waals surface area (Å²) in [7, 11) is 0. The van der Waals surface area contributed by atoms with Gasteiger partial charge in [0.1, 0.15) is 6.26 Å². The molecule has 2 aromatic rings. The van der Waals surface area contributed by atoms with Gasteiger partial charge in [0.25, 0.3) is 0 Å². The third kappa shape index (κ3) is 4.89. The summed E-state index contributed by atoms with van der Waals surface area (Å²) in [5.41, 5.74) is 3.69. The smallest absolute Gasteiger partial charge is 0.319 e. The van der Waals surface area contributed by atoms with Crippen molar-refractivity contribution in [1.29, 1.82) is 0 Å². The number of rotatable bonds is 4. The van der Waals surface area contributed by atoms with Crippen LogP contribution in [0.25, 0.3) is 11.5 Å². The van der Waals surface area contributed by atoms with Crippen molar-refractivity contribution in [2.45, 2.75) is 46.6 Å². The van der Waals surface area contributed by atoms with Gasteiger partial charge in [-0.15, -0.1) is 0 Å². The van der Waals surface area contributed by atoms with Crippen molar-refractivity contribution in [2.75, 3.05) is 25.0 Å². The van der Waals surface area contributed by atoms with E-state index in [-0.39, 0.29) is 11.6 Å². The topological polar surface area (TPSA) is 70.4 Å². The fraction of sp³-hybridized carbons (Fsp3) is 0.524. The van der Waals surface area contributed by atoms with Crippen LogP contribution in [-0.4, -0.2) is 41.1 Å². The van der Waals surface area contributed by atoms with Gasteiger partial charge in [-0.2, -0.15) is 0 Å². The molecule has 1 fully saturated rings. The van der Waals surface area contributed by atoms with Crippen LogP contribution in [0.1, 0.15) is 38.4 Å². The van der Waals surface area contributed by atoms with Gasteiger partial charge in [-0.05, 0) is 71.2 Å². The number of carbonyl (C=O) groups excluding carboxylic acids is 1. The summed E-state index contributed by atoms with van der Waals surface area (Å²) in [5, 5.41) is 5.93. The Morgan fingerprint density at radius 2 is 2.11 bits per heavy atom. The van der Waals surface area contributed by atoms with Crippen LogP contribution in [0.15, 0.2) is 28.9 Å². The number of amides is 2. The fourth-order valence-electron chi connectivity index (χ4n) is 3.43. The first-order valence-electron chi connectivity index (χ1n) is 9.55. The van der Waals surface area contributed by atoms with Gasteiger partial charge < -0.3 is 15.1 Å². The molecule has 1 atom stereocenters. The first-order chi connectivity index (χ1) is 12.7. The van der Waals surface area contributed by atoms with E-state index in [1.807, 2.05) is 32.0 Å². The quantitative estimate of drug-likeness (QED) is 0.846. The molecule has 1 aliphatic rings. The van der Waals surface area contributed by atoms with Crippen LogP contribution < -0.4 is 10.6 Å². The second kappa shape index (κ2) is 7.72. The molecule has 0 spiro atoms. The highest BCUT2D eigenvalue weighted by molar-refractivity contribution is 5.90. The molecular weight excluding hydrogens is 340 g/mol. The van der Waals surface area contributed by atoms with Crippen LogP contribution in [0.3, 0.4) is 0 Å². The van der Waals surface area contributed by atoms with Gasteiger partial charge in [0.15, 0.2) is 0 Å². The van der Waals surface area contributed by atoms with Crippen LogP contribution in [0.2, 0.25) is 0 Å². The molecule has 6 heteroatoms. The molecule has 0 radical (unpaired) electrons. The second-order valence-corrected chi connectivity index (χ2v) is 8.43. The van der Waals surface area contributed by atoms with Gasteiger partial charge in [-0.1, -0.05) is 6.07 Å². The van der Waals surface area contributed by atoms with E-state index in [0.717, 1.165) is 42.0 Å². The predicted octanol–water partition coefficient (Wildman–Crippen LogP) is 4.20.